The maximum Gasteiger partial charge on any atom is 0.262 e. The largest absolute Gasteiger partial charge is 0.494 e. The van der Waals surface area contributed by atoms with Gasteiger partial charge in [0.05, 0.1) is 22.8 Å². The summed E-state index contributed by atoms with van der Waals surface area (Å²) < 4.78 is 35.4. The van der Waals surface area contributed by atoms with Crippen LogP contribution in [-0.2, 0) is 16.6 Å². The first-order chi connectivity index (χ1) is 22.3. The van der Waals surface area contributed by atoms with Crippen molar-refractivity contribution in [1.82, 2.24) is 0 Å². The Kier molecular flexibility index (Phi) is 9.05. The third-order valence-electron chi connectivity index (χ3n) is 7.92. The Bertz CT molecular complexity index is 1930. The molecule has 0 saturated heterocycles. The molecule has 1 amide bonds. The average Bonchev–Trinajstić information content (AvgIpc) is 3.07. The quantitative estimate of drug-likeness (QED) is 0.154. The van der Waals surface area contributed by atoms with Gasteiger partial charge in [-0.1, -0.05) is 60.2 Å². The first kappa shape index (κ1) is 31.3. The molecule has 0 radical (unpaired) electrons. The van der Waals surface area contributed by atoms with E-state index in [4.69, 9.17) is 4.74 Å². The Morgan fingerprint density at radius 2 is 1.54 bits per heavy atom. The third kappa shape index (κ3) is 6.47. The van der Waals surface area contributed by atoms with Crippen molar-refractivity contribution in [2.24, 2.45) is 0 Å². The van der Waals surface area contributed by atoms with Crippen LogP contribution in [0.25, 0.3) is 0 Å². The van der Waals surface area contributed by atoms with Crippen molar-refractivity contribution < 1.29 is 17.9 Å². The standard InChI is InChI=1S/C37H35N3O4S2/c1-4-44-31-18-14-29(15-19-31)38-46(42,43)33-22-23-35-34(24-33)37(41)40(30-16-10-26(2)11-17-30)36(28-12-20-32(45-3)21-13-28)39(35)25-27-8-6-5-7-9-27/h5-24,36,38H,4,25H2,1-3H3/t36-/m0/s1. The first-order valence-electron chi connectivity index (χ1n) is 15.0. The molecule has 0 bridgehead atoms. The summed E-state index contributed by atoms with van der Waals surface area (Å²) >= 11 is 1.66. The van der Waals surface area contributed by atoms with Crippen LogP contribution < -0.4 is 19.3 Å². The molecule has 234 valence electrons. The third-order valence-corrected chi connectivity index (χ3v) is 10.0. The molecule has 1 aliphatic heterocycles. The number of thioether (sulfide) groups is 1. The second kappa shape index (κ2) is 13.3. The summed E-state index contributed by atoms with van der Waals surface area (Å²) in [6, 6.07) is 37.7. The number of aryl methyl sites for hydroxylation is 1. The fraction of sp³-hybridized carbons (Fsp3) is 0.162. The molecule has 0 fully saturated rings. The highest BCUT2D eigenvalue weighted by atomic mass is 32.2. The minimum Gasteiger partial charge on any atom is -0.494 e. The van der Waals surface area contributed by atoms with Crippen molar-refractivity contribution in [2.45, 2.75) is 36.3 Å². The molecule has 0 spiro atoms. The second-order valence-electron chi connectivity index (χ2n) is 11.0. The summed E-state index contributed by atoms with van der Waals surface area (Å²) in [6.07, 6.45) is 1.55. The van der Waals surface area contributed by atoms with Gasteiger partial charge in [-0.15, -0.1) is 11.8 Å². The predicted molar refractivity (Wildman–Crippen MR) is 186 cm³/mol. The molecule has 7 nitrogen and oxygen atoms in total. The van der Waals surface area contributed by atoms with Gasteiger partial charge in [0, 0.05) is 22.8 Å². The summed E-state index contributed by atoms with van der Waals surface area (Å²) in [7, 11) is -4.02. The Hall–Kier alpha value is -4.73. The molecule has 1 N–H and O–H groups in total. The lowest BCUT2D eigenvalue weighted by atomic mass is 9.99. The van der Waals surface area contributed by atoms with Crippen molar-refractivity contribution in [2.75, 3.05) is 27.4 Å². The molecule has 5 aromatic carbocycles. The molecular formula is C37H35N3O4S2. The van der Waals surface area contributed by atoms with Gasteiger partial charge in [-0.3, -0.25) is 14.4 Å². The zero-order valence-electron chi connectivity index (χ0n) is 25.9. The van der Waals surface area contributed by atoms with E-state index < -0.39 is 16.2 Å². The Morgan fingerprint density at radius 3 is 2.20 bits per heavy atom. The highest BCUT2D eigenvalue weighted by Crippen LogP contribution is 2.43. The number of hydrogen-bond acceptors (Lipinski definition) is 6. The molecule has 0 saturated carbocycles. The highest BCUT2D eigenvalue weighted by Gasteiger charge is 2.40. The summed E-state index contributed by atoms with van der Waals surface area (Å²) in [6.45, 7) is 4.90. The van der Waals surface area contributed by atoms with Crippen molar-refractivity contribution in [1.29, 1.82) is 0 Å². The van der Waals surface area contributed by atoms with Crippen molar-refractivity contribution in [3.63, 3.8) is 0 Å². The van der Waals surface area contributed by atoms with E-state index in [2.05, 4.69) is 46.0 Å². The number of ether oxygens (including phenoxy) is 1. The van der Waals surface area contributed by atoms with Gasteiger partial charge in [-0.2, -0.15) is 0 Å². The fourth-order valence-electron chi connectivity index (χ4n) is 5.64. The summed E-state index contributed by atoms with van der Waals surface area (Å²) in [5.41, 5.74) is 5.17. The molecule has 9 heteroatoms. The summed E-state index contributed by atoms with van der Waals surface area (Å²) in [4.78, 5) is 19.7. The van der Waals surface area contributed by atoms with E-state index >= 15 is 0 Å². The van der Waals surface area contributed by atoms with Crippen LogP contribution in [0.4, 0.5) is 17.1 Å². The number of sulfonamides is 1. The molecule has 0 aliphatic carbocycles. The van der Waals surface area contributed by atoms with Crippen molar-refractivity contribution >= 4 is 44.8 Å². The van der Waals surface area contributed by atoms with Gasteiger partial charge < -0.3 is 9.64 Å². The van der Waals surface area contributed by atoms with E-state index in [9.17, 15) is 13.2 Å². The SMILES string of the molecule is CCOc1ccc(NS(=O)(=O)c2ccc3c(c2)C(=O)N(c2ccc(C)cc2)[C@@H](c2ccc(SC)cc2)N3Cc2ccccc2)cc1. The van der Waals surface area contributed by atoms with Crippen molar-refractivity contribution in [3.05, 3.63) is 144 Å². The number of rotatable bonds is 10. The number of carbonyl (C=O) groups is 1. The molecule has 1 heterocycles. The number of nitrogens with one attached hydrogen (secondary N) is 1. The van der Waals surface area contributed by atoms with Crippen molar-refractivity contribution in [3.8, 4) is 5.75 Å². The Balaban J connectivity index is 1.48. The topological polar surface area (TPSA) is 78.9 Å². The lowest BCUT2D eigenvalue weighted by Crippen LogP contribution is -2.49. The van der Waals surface area contributed by atoms with Gasteiger partial charge in [0.25, 0.3) is 15.9 Å². The average molecular weight is 650 g/mol. The molecule has 1 atom stereocenters. The number of amides is 1. The van der Waals surface area contributed by atoms with Crippen LogP contribution in [0.5, 0.6) is 5.75 Å². The molecule has 5 aromatic rings. The Labute approximate surface area is 274 Å². The molecule has 6 rings (SSSR count). The number of anilines is 3. The van der Waals surface area contributed by atoms with Crippen LogP contribution >= 0.6 is 11.8 Å². The van der Waals surface area contributed by atoms with Crippen LogP contribution in [-0.4, -0.2) is 27.2 Å². The molecule has 46 heavy (non-hydrogen) atoms. The van der Waals surface area contributed by atoms with Gasteiger partial charge in [-0.25, -0.2) is 8.42 Å². The van der Waals surface area contributed by atoms with Crippen LogP contribution in [0.3, 0.4) is 0 Å². The zero-order valence-corrected chi connectivity index (χ0v) is 27.5. The van der Waals surface area contributed by atoms with Gasteiger partial charge in [0.15, 0.2) is 0 Å². The number of benzene rings is 5. The Morgan fingerprint density at radius 1 is 0.848 bits per heavy atom. The van der Waals surface area contributed by atoms with E-state index in [1.807, 2.05) is 62.6 Å². The summed E-state index contributed by atoms with van der Waals surface area (Å²) in [5.74, 6) is 0.373. The summed E-state index contributed by atoms with van der Waals surface area (Å²) in [5, 5.41) is 0. The minimum atomic E-state index is -4.02. The first-order valence-corrected chi connectivity index (χ1v) is 17.7. The van der Waals surface area contributed by atoms with Crippen LogP contribution in [0.2, 0.25) is 0 Å². The van der Waals surface area contributed by atoms with Crippen LogP contribution in [0.15, 0.2) is 131 Å². The van der Waals surface area contributed by atoms with Gasteiger partial charge in [0.2, 0.25) is 0 Å². The number of hydrogen-bond donors (Lipinski definition) is 1. The second-order valence-corrected chi connectivity index (χ2v) is 13.6. The van der Waals surface area contributed by atoms with E-state index in [1.54, 1.807) is 53.1 Å². The van der Waals surface area contributed by atoms with Gasteiger partial charge in [0.1, 0.15) is 11.9 Å². The normalized spacial score (nSPS) is 14.6. The maximum atomic E-state index is 14.6. The van der Waals surface area contributed by atoms with E-state index in [-0.39, 0.29) is 10.8 Å². The molecule has 1 aliphatic rings. The van der Waals surface area contributed by atoms with Crippen LogP contribution in [0.1, 0.15) is 40.1 Å². The van der Waals surface area contributed by atoms with E-state index in [0.29, 0.717) is 35.8 Å². The zero-order chi connectivity index (χ0) is 32.3. The smallest absolute Gasteiger partial charge is 0.262 e. The van der Waals surface area contributed by atoms with E-state index in [1.165, 1.54) is 6.07 Å². The fourth-order valence-corrected chi connectivity index (χ4v) is 7.13. The van der Waals surface area contributed by atoms with Gasteiger partial charge in [-0.05, 0) is 98.0 Å². The predicted octanol–water partition coefficient (Wildman–Crippen LogP) is 8.28. The van der Waals surface area contributed by atoms with E-state index in [0.717, 1.165) is 27.3 Å². The number of nitrogens with zero attached hydrogens (tertiary/aromatic N) is 2. The monoisotopic (exact) mass is 649 g/mol. The lowest BCUT2D eigenvalue weighted by molar-refractivity contribution is 0.0968. The number of fused-ring (bicyclic) bond motifs is 1. The molecule has 0 unspecified atom stereocenters. The van der Waals surface area contributed by atoms with Crippen LogP contribution in [0, 0.1) is 6.92 Å². The van der Waals surface area contributed by atoms with Gasteiger partial charge >= 0.3 is 0 Å². The molecular weight excluding hydrogens is 615 g/mol. The molecule has 0 aromatic heterocycles. The lowest BCUT2D eigenvalue weighted by Gasteiger charge is -2.46. The minimum absolute atomic E-state index is 0.000208. The highest BCUT2D eigenvalue weighted by molar-refractivity contribution is 7.98. The number of carbonyl (C=O) groups excluding carboxylic acids is 1. The maximum absolute atomic E-state index is 14.6.